The van der Waals surface area contributed by atoms with E-state index in [0.29, 0.717) is 13.1 Å². The van der Waals surface area contributed by atoms with Gasteiger partial charge in [-0.2, -0.15) is 0 Å². The van der Waals surface area contributed by atoms with Crippen molar-refractivity contribution < 1.29 is 26.2 Å². The van der Waals surface area contributed by atoms with Crippen LogP contribution >= 0.6 is 0 Å². The van der Waals surface area contributed by atoms with Crippen LogP contribution in [0.5, 0.6) is 0 Å². The molecule has 2 nitrogen and oxygen atoms in total. The molecule has 0 radical (unpaired) electrons. The monoisotopic (exact) mass is 286 g/mol. The molecule has 0 heterocycles. The third kappa shape index (κ3) is 9.79. The van der Waals surface area contributed by atoms with Crippen molar-refractivity contribution >= 4 is 0 Å². The number of nitrogens with one attached hydrogen (secondary N) is 1. The van der Waals surface area contributed by atoms with Crippen molar-refractivity contribution in [3.63, 3.8) is 0 Å². The minimum Gasteiger partial charge on any atom is -0.392 e. The van der Waals surface area contributed by atoms with Crippen molar-refractivity contribution in [3.8, 4) is 0 Å². The average Bonchev–Trinajstić information content (AvgIpc) is 1.61. The maximum atomic E-state index is 8.59. The van der Waals surface area contributed by atoms with Crippen LogP contribution in [0.3, 0.4) is 0 Å². The number of hydrogen-bond donors (Lipinski definition) is 2. The molecule has 0 rings (SSSR count). The van der Waals surface area contributed by atoms with Gasteiger partial charge in [0.2, 0.25) is 0 Å². The predicted molar refractivity (Wildman–Crippen MR) is 29.9 cm³/mol. The Labute approximate surface area is 64.9 Å². The number of aliphatic hydroxyl groups excluding tert-OH is 1. The van der Waals surface area contributed by atoms with Crippen LogP contribution in [0.4, 0.5) is 0 Å². The zero-order chi connectivity index (χ0) is 5.70. The van der Waals surface area contributed by atoms with Crippen molar-refractivity contribution in [2.75, 3.05) is 13.1 Å². The average molecular weight is 286 g/mol. The largest absolute Gasteiger partial charge is 2.00 e. The van der Waals surface area contributed by atoms with E-state index in [9.17, 15) is 0 Å². The molecule has 3 heteroatoms. The normalized spacial score (nSPS) is 12.4. The first kappa shape index (κ1) is 11.4. The third-order valence-corrected chi connectivity index (χ3v) is 0.617. The molecule has 2 N–H and O–H groups in total. The molecule has 48 valence electrons. The van der Waals surface area contributed by atoms with Crippen molar-refractivity contribution in [2.24, 2.45) is 0 Å². The van der Waals surface area contributed by atoms with Crippen LogP contribution < -0.4 is 5.32 Å². The molecular weight excluding hydrogens is 274 g/mol. The van der Waals surface area contributed by atoms with Gasteiger partial charge in [-0.1, -0.05) is 0 Å². The summed E-state index contributed by atoms with van der Waals surface area (Å²) >= 11 is 0. The molecule has 0 aliphatic carbocycles. The van der Waals surface area contributed by atoms with E-state index in [1.54, 1.807) is 6.92 Å². The molecule has 0 aliphatic heterocycles. The van der Waals surface area contributed by atoms with E-state index in [1.807, 2.05) is 0 Å². The topological polar surface area (TPSA) is 32.3 Å². The second-order valence-corrected chi connectivity index (χ2v) is 1.55. The van der Waals surface area contributed by atoms with Gasteiger partial charge in [-0.05, 0) is 6.92 Å². The first-order chi connectivity index (χ1) is 3.27. The van der Waals surface area contributed by atoms with Gasteiger partial charge in [-0.25, -0.2) is 0 Å². The van der Waals surface area contributed by atoms with Crippen LogP contribution in [-0.2, 0) is 21.1 Å². The zero-order valence-electron chi connectivity index (χ0n) is 5.05. The van der Waals surface area contributed by atoms with Gasteiger partial charge >= 0.3 is 21.1 Å². The Morgan fingerprint density at radius 1 is 1.75 bits per heavy atom. The maximum Gasteiger partial charge on any atom is 2.00 e. The summed E-state index contributed by atoms with van der Waals surface area (Å²) in [5.41, 5.74) is 0. The number of hydrogen-bond acceptors (Lipinski definition) is 2. The molecule has 0 fully saturated rings. The van der Waals surface area contributed by atoms with Gasteiger partial charge in [0, 0.05) is 6.54 Å². The van der Waals surface area contributed by atoms with Gasteiger partial charge in [0.25, 0.3) is 0 Å². The Bertz CT molecular complexity index is 41.4. The van der Waals surface area contributed by atoms with Crippen LogP contribution in [0, 0.1) is 6.92 Å². The fraction of sp³-hybridized carbons (Fsp3) is 0.800. The molecule has 0 aromatic heterocycles. The fourth-order valence-electron chi connectivity index (χ4n) is 0.311. The molecule has 0 saturated carbocycles. The Hall–Kier alpha value is 0.608. The Balaban J connectivity index is 0. The van der Waals surface area contributed by atoms with E-state index in [2.05, 4.69) is 12.2 Å². The molecule has 1 unspecified atom stereocenters. The van der Waals surface area contributed by atoms with Crippen molar-refractivity contribution in [1.29, 1.82) is 0 Å². The summed E-state index contributed by atoms with van der Waals surface area (Å²) in [7, 11) is 0. The summed E-state index contributed by atoms with van der Waals surface area (Å²) in [4.78, 5) is 0. The quantitative estimate of drug-likeness (QED) is 0.704. The molecule has 0 spiro atoms. The first-order valence-electron chi connectivity index (χ1n) is 2.45. The Kier molecular flexibility index (Phi) is 10.9. The van der Waals surface area contributed by atoms with E-state index in [1.165, 1.54) is 0 Å². The molecule has 0 aromatic rings. The van der Waals surface area contributed by atoms with Crippen molar-refractivity contribution in [2.45, 2.75) is 13.0 Å². The molecule has 0 saturated heterocycles. The molecule has 0 aromatic carbocycles. The van der Waals surface area contributed by atoms with E-state index in [4.69, 9.17) is 5.11 Å². The van der Waals surface area contributed by atoms with Gasteiger partial charge in [0.1, 0.15) is 0 Å². The standard InChI is InChI=1S/C5H12NO.W/c1-3-6-4-5(2)7;/h5-7H,1,3-4H2,2H3;/q-1;+2. The summed E-state index contributed by atoms with van der Waals surface area (Å²) < 4.78 is 0. The smallest absolute Gasteiger partial charge is 0.392 e. The van der Waals surface area contributed by atoms with Crippen LogP contribution in [0.25, 0.3) is 0 Å². The second-order valence-electron chi connectivity index (χ2n) is 1.55. The van der Waals surface area contributed by atoms with Crippen LogP contribution in [0.2, 0.25) is 0 Å². The minimum absolute atomic E-state index is 0. The van der Waals surface area contributed by atoms with Gasteiger partial charge in [-0.3, -0.25) is 0 Å². The molecule has 0 bridgehead atoms. The second kappa shape index (κ2) is 7.61. The van der Waals surface area contributed by atoms with Crippen LogP contribution in [-0.4, -0.2) is 24.3 Å². The third-order valence-electron chi connectivity index (χ3n) is 0.617. The summed E-state index contributed by atoms with van der Waals surface area (Å²) in [5, 5.41) is 11.5. The Morgan fingerprint density at radius 3 is 2.38 bits per heavy atom. The van der Waals surface area contributed by atoms with E-state index in [-0.39, 0.29) is 27.2 Å². The van der Waals surface area contributed by atoms with E-state index >= 15 is 0 Å². The Morgan fingerprint density at radius 2 is 2.25 bits per heavy atom. The van der Waals surface area contributed by atoms with Crippen LogP contribution in [0.1, 0.15) is 6.92 Å². The molecule has 0 aliphatic rings. The summed E-state index contributed by atoms with van der Waals surface area (Å²) in [6, 6.07) is 0. The van der Waals surface area contributed by atoms with Gasteiger partial charge < -0.3 is 17.3 Å². The zero-order valence-corrected chi connectivity index (χ0v) is 7.99. The number of rotatable bonds is 3. The van der Waals surface area contributed by atoms with Crippen molar-refractivity contribution in [1.82, 2.24) is 5.32 Å². The fourth-order valence-corrected chi connectivity index (χ4v) is 0.311. The SMILES string of the molecule is [CH2-]CNCC(C)O.[W+2]. The molecular formula is C5H12NOW+. The minimum atomic E-state index is -0.248. The van der Waals surface area contributed by atoms with E-state index < -0.39 is 0 Å². The first-order valence-corrected chi connectivity index (χ1v) is 2.45. The van der Waals surface area contributed by atoms with Gasteiger partial charge in [-0.15, -0.1) is 6.54 Å². The summed E-state index contributed by atoms with van der Waals surface area (Å²) in [6.07, 6.45) is -0.248. The van der Waals surface area contributed by atoms with Gasteiger partial charge in [0.05, 0.1) is 6.10 Å². The van der Waals surface area contributed by atoms with Crippen molar-refractivity contribution in [3.05, 3.63) is 6.92 Å². The molecule has 1 atom stereocenters. The molecule has 8 heavy (non-hydrogen) atoms. The molecule has 0 amide bonds. The summed E-state index contributed by atoms with van der Waals surface area (Å²) in [6.45, 7) is 6.60. The van der Waals surface area contributed by atoms with Crippen LogP contribution in [0.15, 0.2) is 0 Å². The number of aliphatic hydroxyl groups is 1. The van der Waals surface area contributed by atoms with Gasteiger partial charge in [0.15, 0.2) is 0 Å². The van der Waals surface area contributed by atoms with E-state index in [0.717, 1.165) is 0 Å². The maximum absolute atomic E-state index is 8.59. The predicted octanol–water partition coefficient (Wildman–Crippen LogP) is -0.212. The summed E-state index contributed by atoms with van der Waals surface area (Å²) in [5.74, 6) is 0.